The number of nitrogens with zero attached hydrogens (tertiary/aromatic N) is 2. The van der Waals surface area contributed by atoms with Crippen LogP contribution in [0.3, 0.4) is 0 Å². The van der Waals surface area contributed by atoms with E-state index < -0.39 is 11.6 Å². The zero-order valence-corrected chi connectivity index (χ0v) is 15.0. The van der Waals surface area contributed by atoms with Crippen LogP contribution in [0.2, 0.25) is 0 Å². The molecule has 0 aliphatic heterocycles. The average Bonchev–Trinajstić information content (AvgIpc) is 3.02. The first kappa shape index (κ1) is 17.6. The molecule has 3 rings (SSSR count). The van der Waals surface area contributed by atoms with Crippen molar-refractivity contribution in [3.05, 3.63) is 72.1 Å². The summed E-state index contributed by atoms with van der Waals surface area (Å²) in [5, 5.41) is 0.851. The van der Waals surface area contributed by atoms with E-state index in [1.165, 1.54) is 10.6 Å². The Hall–Kier alpha value is -3.21. The van der Waals surface area contributed by atoms with Crippen molar-refractivity contribution < 1.29 is 14.3 Å². The van der Waals surface area contributed by atoms with Crippen LogP contribution in [-0.4, -0.2) is 27.0 Å². The number of ether oxygens (including phenoxy) is 1. The van der Waals surface area contributed by atoms with Gasteiger partial charge in [-0.3, -0.25) is 9.36 Å². The van der Waals surface area contributed by atoms with Gasteiger partial charge in [-0.2, -0.15) is 0 Å². The van der Waals surface area contributed by atoms with Crippen LogP contribution in [-0.2, 0) is 9.53 Å². The molecular formula is C21H20N2O3. The molecule has 0 radical (unpaired) electrons. The standard InChI is InChI=1S/C21H20N2O3/c1-21(2,3)26-18(24)12-11-17-10-9-15-13-14-23(19(15)22-17)20(25)16-7-5-4-6-8-16/h4-14H,1-3H3. The molecule has 2 aromatic heterocycles. The molecule has 1 aromatic carbocycles. The lowest BCUT2D eigenvalue weighted by Gasteiger charge is -2.17. The molecule has 0 spiro atoms. The highest BCUT2D eigenvalue weighted by Crippen LogP contribution is 2.17. The van der Waals surface area contributed by atoms with Gasteiger partial charge in [-0.05, 0) is 57.2 Å². The van der Waals surface area contributed by atoms with Gasteiger partial charge in [-0.15, -0.1) is 0 Å². The second kappa shape index (κ2) is 6.96. The molecule has 0 aliphatic carbocycles. The van der Waals surface area contributed by atoms with Crippen LogP contribution < -0.4 is 0 Å². The molecular weight excluding hydrogens is 328 g/mol. The summed E-state index contributed by atoms with van der Waals surface area (Å²) in [6.45, 7) is 5.43. The highest BCUT2D eigenvalue weighted by Gasteiger charge is 2.14. The quantitative estimate of drug-likeness (QED) is 0.528. The first-order valence-electron chi connectivity index (χ1n) is 8.32. The molecule has 132 valence electrons. The first-order valence-corrected chi connectivity index (χ1v) is 8.32. The molecule has 5 heteroatoms. The Bertz CT molecular complexity index is 979. The molecule has 0 saturated carbocycles. The highest BCUT2D eigenvalue weighted by atomic mass is 16.6. The third-order valence-electron chi connectivity index (χ3n) is 3.59. The normalized spacial score (nSPS) is 11.8. The fraction of sp³-hybridized carbons (Fsp3) is 0.190. The first-order chi connectivity index (χ1) is 12.3. The van der Waals surface area contributed by atoms with E-state index in [2.05, 4.69) is 4.98 Å². The Labute approximate surface area is 151 Å². The van der Waals surface area contributed by atoms with Crippen LogP contribution in [0.25, 0.3) is 17.1 Å². The van der Waals surface area contributed by atoms with Crippen molar-refractivity contribution in [2.24, 2.45) is 0 Å². The van der Waals surface area contributed by atoms with Crippen LogP contribution >= 0.6 is 0 Å². The van der Waals surface area contributed by atoms with Gasteiger partial charge >= 0.3 is 5.97 Å². The van der Waals surface area contributed by atoms with Crippen molar-refractivity contribution in [2.45, 2.75) is 26.4 Å². The van der Waals surface area contributed by atoms with Crippen molar-refractivity contribution in [2.75, 3.05) is 0 Å². The second-order valence-corrected chi connectivity index (χ2v) is 6.87. The molecule has 5 nitrogen and oxygen atoms in total. The van der Waals surface area contributed by atoms with Gasteiger partial charge in [0.05, 0.1) is 5.69 Å². The van der Waals surface area contributed by atoms with Crippen molar-refractivity contribution in [3.63, 3.8) is 0 Å². The van der Waals surface area contributed by atoms with E-state index in [9.17, 15) is 9.59 Å². The summed E-state index contributed by atoms with van der Waals surface area (Å²) in [5.74, 6) is -0.587. The minimum absolute atomic E-state index is 0.152. The summed E-state index contributed by atoms with van der Waals surface area (Å²) in [7, 11) is 0. The van der Waals surface area contributed by atoms with Crippen LogP contribution in [0.5, 0.6) is 0 Å². The summed E-state index contributed by atoms with van der Waals surface area (Å²) >= 11 is 0. The third-order valence-corrected chi connectivity index (χ3v) is 3.59. The number of benzene rings is 1. The van der Waals surface area contributed by atoms with Crippen LogP contribution in [0.15, 0.2) is 60.8 Å². The molecule has 0 aliphatic rings. The van der Waals surface area contributed by atoms with E-state index in [0.717, 1.165) is 5.39 Å². The number of carbonyl (C=O) groups excluding carboxylic acids is 2. The number of esters is 1. The number of carbonyl (C=O) groups is 2. The number of pyridine rings is 1. The van der Waals surface area contributed by atoms with Crippen LogP contribution in [0.1, 0.15) is 36.8 Å². The minimum atomic E-state index is -0.546. The SMILES string of the molecule is CC(C)(C)OC(=O)C=Cc1ccc2ccn(C(=O)c3ccccc3)c2n1. The van der Waals surface area contributed by atoms with Gasteiger partial charge in [0.15, 0.2) is 0 Å². The molecule has 0 saturated heterocycles. The lowest BCUT2D eigenvalue weighted by Crippen LogP contribution is -2.22. The van der Waals surface area contributed by atoms with Gasteiger partial charge in [0, 0.05) is 23.2 Å². The fourth-order valence-corrected chi connectivity index (χ4v) is 2.49. The Morgan fingerprint density at radius 2 is 1.77 bits per heavy atom. The van der Waals surface area contributed by atoms with Crippen molar-refractivity contribution in [1.82, 2.24) is 9.55 Å². The fourth-order valence-electron chi connectivity index (χ4n) is 2.49. The predicted molar refractivity (Wildman–Crippen MR) is 101 cm³/mol. The van der Waals surface area contributed by atoms with Gasteiger partial charge in [0.1, 0.15) is 11.2 Å². The van der Waals surface area contributed by atoms with Crippen molar-refractivity contribution in [1.29, 1.82) is 0 Å². The molecule has 3 aromatic rings. The van der Waals surface area contributed by atoms with E-state index in [4.69, 9.17) is 4.74 Å². The molecule has 26 heavy (non-hydrogen) atoms. The Kier molecular flexibility index (Phi) is 4.71. The molecule has 0 N–H and O–H groups in total. The molecule has 0 unspecified atom stereocenters. The van der Waals surface area contributed by atoms with E-state index in [1.54, 1.807) is 30.5 Å². The van der Waals surface area contributed by atoms with E-state index in [0.29, 0.717) is 16.9 Å². The van der Waals surface area contributed by atoms with Crippen LogP contribution in [0, 0.1) is 0 Å². The van der Waals surface area contributed by atoms with Gasteiger partial charge in [-0.1, -0.05) is 18.2 Å². The van der Waals surface area contributed by atoms with E-state index in [-0.39, 0.29) is 5.91 Å². The zero-order chi connectivity index (χ0) is 18.7. The minimum Gasteiger partial charge on any atom is -0.457 e. The summed E-state index contributed by atoms with van der Waals surface area (Å²) in [6, 6.07) is 14.5. The molecule has 0 atom stereocenters. The zero-order valence-electron chi connectivity index (χ0n) is 15.0. The maximum Gasteiger partial charge on any atom is 0.331 e. The Morgan fingerprint density at radius 3 is 2.46 bits per heavy atom. The molecule has 0 amide bonds. The number of fused-ring (bicyclic) bond motifs is 1. The molecule has 0 fully saturated rings. The Morgan fingerprint density at radius 1 is 1.04 bits per heavy atom. The maximum atomic E-state index is 12.7. The number of hydrogen-bond acceptors (Lipinski definition) is 4. The molecule has 2 heterocycles. The van der Waals surface area contributed by atoms with Gasteiger partial charge in [-0.25, -0.2) is 9.78 Å². The third kappa shape index (κ3) is 4.06. The van der Waals surface area contributed by atoms with E-state index in [1.807, 2.05) is 51.1 Å². The second-order valence-electron chi connectivity index (χ2n) is 6.87. The Balaban J connectivity index is 1.89. The summed E-state index contributed by atoms with van der Waals surface area (Å²) in [5.41, 5.74) is 1.16. The molecule has 0 bridgehead atoms. The predicted octanol–water partition coefficient (Wildman–Crippen LogP) is 4.08. The summed E-state index contributed by atoms with van der Waals surface area (Å²) in [6.07, 6.45) is 4.62. The maximum absolute atomic E-state index is 12.7. The number of rotatable bonds is 3. The van der Waals surface area contributed by atoms with Crippen LogP contribution in [0.4, 0.5) is 0 Å². The lowest BCUT2D eigenvalue weighted by atomic mass is 10.2. The monoisotopic (exact) mass is 348 g/mol. The smallest absolute Gasteiger partial charge is 0.331 e. The van der Waals surface area contributed by atoms with Gasteiger partial charge < -0.3 is 4.74 Å². The largest absolute Gasteiger partial charge is 0.457 e. The van der Waals surface area contributed by atoms with E-state index >= 15 is 0 Å². The number of aromatic nitrogens is 2. The van der Waals surface area contributed by atoms with Gasteiger partial charge in [0.2, 0.25) is 0 Å². The summed E-state index contributed by atoms with van der Waals surface area (Å²) in [4.78, 5) is 29.0. The number of hydrogen-bond donors (Lipinski definition) is 0. The topological polar surface area (TPSA) is 61.2 Å². The van der Waals surface area contributed by atoms with Crippen molar-refractivity contribution in [3.8, 4) is 0 Å². The van der Waals surface area contributed by atoms with Gasteiger partial charge in [0.25, 0.3) is 5.91 Å². The van der Waals surface area contributed by atoms with Crippen molar-refractivity contribution >= 4 is 29.0 Å². The highest BCUT2D eigenvalue weighted by molar-refractivity contribution is 6.01. The lowest BCUT2D eigenvalue weighted by molar-refractivity contribution is -0.148. The average molecular weight is 348 g/mol. The summed E-state index contributed by atoms with van der Waals surface area (Å²) < 4.78 is 6.75.